The highest BCUT2D eigenvalue weighted by atomic mass is 16.4. The van der Waals surface area contributed by atoms with Crippen molar-refractivity contribution in [3.8, 4) is 22.3 Å². The molecule has 5 rings (SSSR count). The summed E-state index contributed by atoms with van der Waals surface area (Å²) >= 11 is 0. The normalized spacial score (nSPS) is 11.4. The molecule has 0 aliphatic rings. The standard InChI is InChI=1S/C25H18O3/c1-15-12-21-24(16(2)13-22(26)28-21)25-23(15)20(14-27-25)19-10-8-18(9-11-19)17-6-4-3-5-7-17/h3-14H,1-2H3. The molecule has 5 aromatic rings. The first-order valence-electron chi connectivity index (χ1n) is 9.23. The van der Waals surface area contributed by atoms with Gasteiger partial charge in [-0.3, -0.25) is 0 Å². The number of furan rings is 1. The van der Waals surface area contributed by atoms with Gasteiger partial charge < -0.3 is 8.83 Å². The highest BCUT2D eigenvalue weighted by Gasteiger charge is 2.17. The molecule has 0 aliphatic carbocycles. The first-order chi connectivity index (χ1) is 13.6. The van der Waals surface area contributed by atoms with Crippen LogP contribution >= 0.6 is 0 Å². The minimum atomic E-state index is -0.341. The third kappa shape index (κ3) is 2.55. The van der Waals surface area contributed by atoms with Gasteiger partial charge in [0, 0.05) is 17.0 Å². The second-order valence-corrected chi connectivity index (χ2v) is 7.11. The molecule has 0 radical (unpaired) electrons. The molecular weight excluding hydrogens is 348 g/mol. The van der Waals surface area contributed by atoms with Gasteiger partial charge in [-0.05, 0) is 47.7 Å². The Morgan fingerprint density at radius 3 is 2.11 bits per heavy atom. The van der Waals surface area contributed by atoms with Gasteiger partial charge in [0.15, 0.2) is 0 Å². The molecule has 0 N–H and O–H groups in total. The van der Waals surface area contributed by atoms with Crippen LogP contribution in [0.3, 0.4) is 0 Å². The van der Waals surface area contributed by atoms with Crippen molar-refractivity contribution >= 4 is 21.9 Å². The zero-order chi connectivity index (χ0) is 19.3. The van der Waals surface area contributed by atoms with Crippen LogP contribution < -0.4 is 5.63 Å². The predicted molar refractivity (Wildman–Crippen MR) is 113 cm³/mol. The average Bonchev–Trinajstić information content (AvgIpc) is 3.14. The molecule has 0 bridgehead atoms. The highest BCUT2D eigenvalue weighted by Crippen LogP contribution is 2.38. The van der Waals surface area contributed by atoms with Crippen LogP contribution in [0.2, 0.25) is 0 Å². The first-order valence-corrected chi connectivity index (χ1v) is 9.23. The molecule has 0 aliphatic heterocycles. The van der Waals surface area contributed by atoms with Crippen LogP contribution in [0.15, 0.2) is 86.6 Å². The van der Waals surface area contributed by atoms with Crippen molar-refractivity contribution in [2.45, 2.75) is 13.8 Å². The lowest BCUT2D eigenvalue weighted by Gasteiger charge is -2.07. The predicted octanol–water partition coefficient (Wildman–Crippen LogP) is 6.49. The summed E-state index contributed by atoms with van der Waals surface area (Å²) in [4.78, 5) is 11.7. The number of hydrogen-bond donors (Lipinski definition) is 0. The van der Waals surface area contributed by atoms with E-state index in [1.165, 1.54) is 17.2 Å². The van der Waals surface area contributed by atoms with Crippen molar-refractivity contribution in [1.29, 1.82) is 0 Å². The van der Waals surface area contributed by atoms with E-state index in [2.05, 4.69) is 36.4 Å². The fourth-order valence-corrected chi connectivity index (χ4v) is 3.91. The molecule has 2 aromatic heterocycles. The summed E-state index contributed by atoms with van der Waals surface area (Å²) in [6, 6.07) is 22.2. The Morgan fingerprint density at radius 1 is 0.714 bits per heavy atom. The van der Waals surface area contributed by atoms with Gasteiger partial charge in [-0.15, -0.1) is 0 Å². The van der Waals surface area contributed by atoms with Crippen molar-refractivity contribution in [3.05, 3.63) is 94.5 Å². The van der Waals surface area contributed by atoms with Crippen molar-refractivity contribution in [2.24, 2.45) is 0 Å². The fourth-order valence-electron chi connectivity index (χ4n) is 3.91. The van der Waals surface area contributed by atoms with Gasteiger partial charge in [-0.2, -0.15) is 0 Å². The number of benzene rings is 3. The maximum absolute atomic E-state index is 11.7. The van der Waals surface area contributed by atoms with Gasteiger partial charge in [0.05, 0.1) is 11.6 Å². The van der Waals surface area contributed by atoms with Crippen LogP contribution in [0.5, 0.6) is 0 Å². The van der Waals surface area contributed by atoms with Gasteiger partial charge in [-0.1, -0.05) is 54.6 Å². The molecule has 3 nitrogen and oxygen atoms in total. The molecule has 0 atom stereocenters. The summed E-state index contributed by atoms with van der Waals surface area (Å²) in [6.45, 7) is 3.92. The van der Waals surface area contributed by atoms with E-state index in [1.807, 2.05) is 38.1 Å². The van der Waals surface area contributed by atoms with Crippen molar-refractivity contribution in [3.63, 3.8) is 0 Å². The average molecular weight is 366 g/mol. The summed E-state index contributed by atoms with van der Waals surface area (Å²) in [7, 11) is 0. The number of aryl methyl sites for hydroxylation is 2. The second-order valence-electron chi connectivity index (χ2n) is 7.11. The molecule has 3 heteroatoms. The van der Waals surface area contributed by atoms with Crippen LogP contribution in [0.1, 0.15) is 11.1 Å². The molecular formula is C25H18O3. The molecule has 0 spiro atoms. The monoisotopic (exact) mass is 366 g/mol. The third-order valence-corrected chi connectivity index (χ3v) is 5.25. The van der Waals surface area contributed by atoms with Crippen LogP contribution in [0.25, 0.3) is 44.2 Å². The maximum Gasteiger partial charge on any atom is 0.336 e. The number of hydrogen-bond acceptors (Lipinski definition) is 3. The van der Waals surface area contributed by atoms with Crippen LogP contribution in [-0.2, 0) is 0 Å². The second kappa shape index (κ2) is 6.24. The van der Waals surface area contributed by atoms with Crippen LogP contribution in [0, 0.1) is 13.8 Å². The Balaban J connectivity index is 1.70. The highest BCUT2D eigenvalue weighted by molar-refractivity contribution is 6.10. The van der Waals surface area contributed by atoms with Crippen molar-refractivity contribution < 1.29 is 8.83 Å². The van der Waals surface area contributed by atoms with Gasteiger partial charge in [0.25, 0.3) is 0 Å². The Hall–Kier alpha value is -3.59. The zero-order valence-corrected chi connectivity index (χ0v) is 15.7. The van der Waals surface area contributed by atoms with Gasteiger partial charge in [0.2, 0.25) is 0 Å². The van der Waals surface area contributed by atoms with E-state index in [0.717, 1.165) is 38.6 Å². The molecule has 28 heavy (non-hydrogen) atoms. The zero-order valence-electron chi connectivity index (χ0n) is 15.7. The number of rotatable bonds is 2. The summed E-state index contributed by atoms with van der Waals surface area (Å²) in [5, 5.41) is 1.91. The minimum Gasteiger partial charge on any atom is -0.463 e. The quantitative estimate of drug-likeness (QED) is 0.335. The van der Waals surface area contributed by atoms with Crippen molar-refractivity contribution in [2.75, 3.05) is 0 Å². The van der Waals surface area contributed by atoms with E-state index < -0.39 is 0 Å². The van der Waals surface area contributed by atoms with E-state index in [9.17, 15) is 4.79 Å². The lowest BCUT2D eigenvalue weighted by molar-refractivity contribution is 0.558. The molecule has 136 valence electrons. The van der Waals surface area contributed by atoms with E-state index in [4.69, 9.17) is 8.83 Å². The van der Waals surface area contributed by atoms with E-state index >= 15 is 0 Å². The molecule has 2 heterocycles. The van der Waals surface area contributed by atoms with Crippen molar-refractivity contribution in [1.82, 2.24) is 0 Å². The van der Waals surface area contributed by atoms with Gasteiger partial charge in [-0.25, -0.2) is 4.79 Å². The minimum absolute atomic E-state index is 0.341. The lowest BCUT2D eigenvalue weighted by atomic mass is 9.96. The summed E-state index contributed by atoms with van der Waals surface area (Å²) in [5.74, 6) is 0. The Morgan fingerprint density at radius 2 is 1.36 bits per heavy atom. The van der Waals surface area contributed by atoms with Gasteiger partial charge >= 0.3 is 5.63 Å². The fraction of sp³-hybridized carbons (Fsp3) is 0.0800. The van der Waals surface area contributed by atoms with Gasteiger partial charge in [0.1, 0.15) is 11.2 Å². The summed E-state index contributed by atoms with van der Waals surface area (Å²) in [6.07, 6.45) is 1.79. The molecule has 0 amide bonds. The summed E-state index contributed by atoms with van der Waals surface area (Å²) < 4.78 is 11.4. The number of fused-ring (bicyclic) bond motifs is 3. The lowest BCUT2D eigenvalue weighted by Crippen LogP contribution is -1.98. The summed E-state index contributed by atoms with van der Waals surface area (Å²) in [5.41, 5.74) is 7.37. The van der Waals surface area contributed by atoms with E-state index in [-0.39, 0.29) is 5.63 Å². The molecule has 0 saturated heterocycles. The third-order valence-electron chi connectivity index (χ3n) is 5.25. The molecule has 0 unspecified atom stereocenters. The smallest absolute Gasteiger partial charge is 0.336 e. The van der Waals surface area contributed by atoms with Crippen LogP contribution in [-0.4, -0.2) is 0 Å². The Bertz CT molecular complexity index is 1370. The SMILES string of the molecule is Cc1cc2oc(=O)cc(C)c2c2occ(-c3ccc(-c4ccccc4)cc3)c12. The van der Waals surface area contributed by atoms with E-state index in [1.54, 1.807) is 6.26 Å². The van der Waals surface area contributed by atoms with Crippen LogP contribution in [0.4, 0.5) is 0 Å². The van der Waals surface area contributed by atoms with E-state index in [0.29, 0.717) is 5.58 Å². The Labute approximate surface area is 161 Å². The molecule has 0 saturated carbocycles. The molecule has 3 aromatic carbocycles. The largest absolute Gasteiger partial charge is 0.463 e. The maximum atomic E-state index is 11.7. The Kier molecular flexibility index (Phi) is 3.69. The topological polar surface area (TPSA) is 43.4 Å². The first kappa shape index (κ1) is 16.6. The molecule has 0 fully saturated rings.